The lowest BCUT2D eigenvalue weighted by molar-refractivity contribution is -0.121. The van der Waals surface area contributed by atoms with Crippen LogP contribution in [0, 0.1) is 11.8 Å². The molecule has 1 fully saturated rings. The van der Waals surface area contributed by atoms with Gasteiger partial charge in [0.1, 0.15) is 0 Å². The molecule has 1 aromatic heterocycles. The molecular weight excluding hydrogens is 238 g/mol. The van der Waals surface area contributed by atoms with Crippen LogP contribution in [0.5, 0.6) is 0 Å². The van der Waals surface area contributed by atoms with Crippen LogP contribution in [0.25, 0.3) is 0 Å². The van der Waals surface area contributed by atoms with Crippen molar-refractivity contribution in [1.82, 2.24) is 4.98 Å². The molecular formula is C15H23N3O. The number of nitrogens with two attached hydrogens (primary N) is 1. The topological polar surface area (TPSA) is 68.0 Å². The number of carbonyl (C=O) groups excluding carboxylic acids is 1. The summed E-state index contributed by atoms with van der Waals surface area (Å²) < 4.78 is 0. The number of nitrogens with one attached hydrogen (secondary N) is 1. The number of nitrogens with zero attached hydrogens (tertiary/aromatic N) is 1. The molecule has 19 heavy (non-hydrogen) atoms. The molecule has 0 radical (unpaired) electrons. The summed E-state index contributed by atoms with van der Waals surface area (Å²) in [5, 5.41) is 2.96. The Labute approximate surface area is 114 Å². The fourth-order valence-electron chi connectivity index (χ4n) is 2.82. The number of carbonyl (C=O) groups is 1. The summed E-state index contributed by atoms with van der Waals surface area (Å²) in [4.78, 5) is 16.1. The normalized spacial score (nSPS) is 24.7. The van der Waals surface area contributed by atoms with Crippen molar-refractivity contribution >= 4 is 11.6 Å². The highest BCUT2D eigenvalue weighted by molar-refractivity contribution is 5.92. The lowest BCUT2D eigenvalue weighted by atomic mass is 9.78. The van der Waals surface area contributed by atoms with E-state index >= 15 is 0 Å². The molecule has 1 saturated carbocycles. The summed E-state index contributed by atoms with van der Waals surface area (Å²) in [5.74, 6) is 0.859. The van der Waals surface area contributed by atoms with E-state index < -0.39 is 0 Å². The molecule has 1 amide bonds. The maximum atomic E-state index is 12.2. The molecule has 1 unspecified atom stereocenters. The molecule has 1 aliphatic carbocycles. The molecule has 3 N–H and O–H groups in total. The van der Waals surface area contributed by atoms with Crippen molar-refractivity contribution in [2.75, 3.05) is 5.32 Å². The number of rotatable bonds is 4. The monoisotopic (exact) mass is 261 g/mol. The second kappa shape index (κ2) is 6.66. The van der Waals surface area contributed by atoms with E-state index in [1.54, 1.807) is 12.4 Å². The Morgan fingerprint density at radius 2 is 2.00 bits per heavy atom. The summed E-state index contributed by atoms with van der Waals surface area (Å²) in [6.45, 7) is 2.13. The average Bonchev–Trinajstić information content (AvgIpc) is 2.47. The van der Waals surface area contributed by atoms with Crippen molar-refractivity contribution in [2.24, 2.45) is 17.6 Å². The fraction of sp³-hybridized carbons (Fsp3) is 0.600. The quantitative estimate of drug-likeness (QED) is 0.875. The Morgan fingerprint density at radius 3 is 2.58 bits per heavy atom. The summed E-state index contributed by atoms with van der Waals surface area (Å²) in [5.41, 5.74) is 6.91. The minimum absolute atomic E-state index is 0.133. The molecule has 0 saturated heterocycles. The van der Waals surface area contributed by atoms with Crippen molar-refractivity contribution in [1.29, 1.82) is 0 Å². The first-order valence-electron chi connectivity index (χ1n) is 7.17. The van der Waals surface area contributed by atoms with Gasteiger partial charge in [-0.3, -0.25) is 9.78 Å². The van der Waals surface area contributed by atoms with Crippen LogP contribution < -0.4 is 11.1 Å². The standard InChI is InChI=1S/C15H23N3O/c1-2-14(16)11-3-5-12(6-4-11)15(19)18-13-7-9-17-10-8-13/h7-12,14H,2-6,16H2,1H3,(H,17,18,19). The van der Waals surface area contributed by atoms with E-state index in [0.29, 0.717) is 12.0 Å². The minimum Gasteiger partial charge on any atom is -0.327 e. The van der Waals surface area contributed by atoms with Crippen LogP contribution in [0.1, 0.15) is 39.0 Å². The number of hydrogen-bond donors (Lipinski definition) is 2. The van der Waals surface area contributed by atoms with Gasteiger partial charge in [0.15, 0.2) is 0 Å². The molecule has 1 aliphatic rings. The zero-order valence-electron chi connectivity index (χ0n) is 11.5. The van der Waals surface area contributed by atoms with E-state index in [4.69, 9.17) is 5.73 Å². The highest BCUT2D eigenvalue weighted by atomic mass is 16.1. The predicted octanol–water partition coefficient (Wildman–Crippen LogP) is 2.56. The van der Waals surface area contributed by atoms with Gasteiger partial charge in [0.2, 0.25) is 5.91 Å². The second-order valence-corrected chi connectivity index (χ2v) is 5.41. The van der Waals surface area contributed by atoms with Gasteiger partial charge in [-0.05, 0) is 50.2 Å². The number of hydrogen-bond acceptors (Lipinski definition) is 3. The molecule has 0 aromatic carbocycles. The Bertz CT molecular complexity index is 399. The highest BCUT2D eigenvalue weighted by Gasteiger charge is 2.28. The van der Waals surface area contributed by atoms with Crippen molar-refractivity contribution in [2.45, 2.75) is 45.1 Å². The Balaban J connectivity index is 1.83. The molecule has 0 spiro atoms. The van der Waals surface area contributed by atoms with E-state index in [1.165, 1.54) is 0 Å². The number of anilines is 1. The van der Waals surface area contributed by atoms with E-state index in [1.807, 2.05) is 12.1 Å². The summed E-state index contributed by atoms with van der Waals surface area (Å²) >= 11 is 0. The summed E-state index contributed by atoms with van der Waals surface area (Å²) in [6.07, 6.45) is 8.45. The first kappa shape index (κ1) is 14.0. The molecule has 0 aliphatic heterocycles. The predicted molar refractivity (Wildman–Crippen MR) is 76.6 cm³/mol. The van der Waals surface area contributed by atoms with Crippen molar-refractivity contribution in [3.05, 3.63) is 24.5 Å². The maximum absolute atomic E-state index is 12.2. The fourth-order valence-corrected chi connectivity index (χ4v) is 2.82. The van der Waals surface area contributed by atoms with Crippen molar-refractivity contribution in [3.63, 3.8) is 0 Å². The molecule has 104 valence electrons. The van der Waals surface area contributed by atoms with Gasteiger partial charge in [-0.2, -0.15) is 0 Å². The summed E-state index contributed by atoms with van der Waals surface area (Å²) in [6, 6.07) is 3.93. The Kier molecular flexibility index (Phi) is 4.91. The van der Waals surface area contributed by atoms with Crippen LogP contribution in [0.2, 0.25) is 0 Å². The molecule has 2 rings (SSSR count). The maximum Gasteiger partial charge on any atom is 0.227 e. The third-order valence-electron chi connectivity index (χ3n) is 4.17. The first-order valence-corrected chi connectivity index (χ1v) is 7.17. The van der Waals surface area contributed by atoms with Crippen LogP contribution in [-0.2, 0) is 4.79 Å². The van der Waals surface area contributed by atoms with Crippen LogP contribution in [0.4, 0.5) is 5.69 Å². The number of pyridine rings is 1. The first-order chi connectivity index (χ1) is 9.20. The molecule has 4 heteroatoms. The van der Waals surface area contributed by atoms with Crippen molar-refractivity contribution < 1.29 is 4.79 Å². The van der Waals surface area contributed by atoms with E-state index in [0.717, 1.165) is 37.8 Å². The molecule has 0 bridgehead atoms. The highest BCUT2D eigenvalue weighted by Crippen LogP contribution is 2.31. The average molecular weight is 261 g/mol. The lowest BCUT2D eigenvalue weighted by Gasteiger charge is -2.31. The van der Waals surface area contributed by atoms with Gasteiger partial charge in [0.25, 0.3) is 0 Å². The molecule has 1 heterocycles. The van der Waals surface area contributed by atoms with Gasteiger partial charge < -0.3 is 11.1 Å². The zero-order chi connectivity index (χ0) is 13.7. The SMILES string of the molecule is CCC(N)C1CCC(C(=O)Nc2ccncc2)CC1. The largest absolute Gasteiger partial charge is 0.327 e. The van der Waals surface area contributed by atoms with Crippen LogP contribution >= 0.6 is 0 Å². The van der Waals surface area contributed by atoms with E-state index in [2.05, 4.69) is 17.2 Å². The van der Waals surface area contributed by atoms with Crippen LogP contribution in [0.15, 0.2) is 24.5 Å². The molecule has 1 aromatic rings. The zero-order valence-corrected chi connectivity index (χ0v) is 11.5. The van der Waals surface area contributed by atoms with Crippen LogP contribution in [-0.4, -0.2) is 16.9 Å². The van der Waals surface area contributed by atoms with Crippen LogP contribution in [0.3, 0.4) is 0 Å². The Morgan fingerprint density at radius 1 is 1.37 bits per heavy atom. The Hall–Kier alpha value is -1.42. The van der Waals surface area contributed by atoms with Gasteiger partial charge in [-0.25, -0.2) is 0 Å². The molecule has 4 nitrogen and oxygen atoms in total. The van der Waals surface area contributed by atoms with E-state index in [-0.39, 0.29) is 11.8 Å². The number of amides is 1. The van der Waals surface area contributed by atoms with Gasteiger partial charge in [-0.15, -0.1) is 0 Å². The minimum atomic E-state index is 0.133. The number of aromatic nitrogens is 1. The van der Waals surface area contributed by atoms with Gasteiger partial charge in [0, 0.05) is 30.0 Å². The second-order valence-electron chi connectivity index (χ2n) is 5.41. The smallest absolute Gasteiger partial charge is 0.227 e. The van der Waals surface area contributed by atoms with Crippen molar-refractivity contribution in [3.8, 4) is 0 Å². The third kappa shape index (κ3) is 3.77. The van der Waals surface area contributed by atoms with Gasteiger partial charge in [0.05, 0.1) is 0 Å². The lowest BCUT2D eigenvalue weighted by Crippen LogP contribution is -2.35. The van der Waals surface area contributed by atoms with Gasteiger partial charge >= 0.3 is 0 Å². The summed E-state index contributed by atoms with van der Waals surface area (Å²) in [7, 11) is 0. The third-order valence-corrected chi connectivity index (χ3v) is 4.17. The molecule has 1 atom stereocenters. The van der Waals surface area contributed by atoms with Gasteiger partial charge in [-0.1, -0.05) is 6.92 Å². The van der Waals surface area contributed by atoms with E-state index in [9.17, 15) is 4.79 Å².